The van der Waals surface area contributed by atoms with E-state index in [1.54, 1.807) is 36.4 Å². The Morgan fingerprint density at radius 1 is 0.891 bits per heavy atom. The van der Waals surface area contributed by atoms with Crippen LogP contribution in [0.3, 0.4) is 0 Å². The first-order valence-corrected chi connectivity index (χ1v) is 15.3. The van der Waals surface area contributed by atoms with E-state index in [9.17, 15) is 23.3 Å². The topological polar surface area (TPSA) is 170 Å². The van der Waals surface area contributed by atoms with Gasteiger partial charge in [0.1, 0.15) is 11.4 Å². The van der Waals surface area contributed by atoms with Gasteiger partial charge < -0.3 is 19.5 Å². The predicted molar refractivity (Wildman–Crippen MR) is 176 cm³/mol. The smallest absolute Gasteiger partial charge is 0.295 e. The minimum Gasteiger partial charge on any atom is -0.495 e. The summed E-state index contributed by atoms with van der Waals surface area (Å²) in [6.07, 6.45) is 1.39. The summed E-state index contributed by atoms with van der Waals surface area (Å²) in [7, 11) is -1.33. The van der Waals surface area contributed by atoms with Gasteiger partial charge in [0.2, 0.25) is 0 Å². The Morgan fingerprint density at radius 2 is 1.59 bits per heavy atom. The van der Waals surface area contributed by atoms with E-state index >= 15 is 0 Å². The summed E-state index contributed by atoms with van der Waals surface area (Å²) in [6.45, 7) is 5.59. The van der Waals surface area contributed by atoms with Crippen LogP contribution in [0.4, 0.5) is 22.7 Å². The monoisotopic (exact) mass is 647 g/mol. The second-order valence-electron chi connectivity index (χ2n) is 10.1. The molecule has 240 valence electrons. The average Bonchev–Trinajstić information content (AvgIpc) is 3.02. The van der Waals surface area contributed by atoms with Crippen molar-refractivity contribution >= 4 is 44.9 Å². The van der Waals surface area contributed by atoms with Crippen LogP contribution < -0.4 is 29.7 Å². The summed E-state index contributed by atoms with van der Waals surface area (Å²) in [5.74, 6) is 0.623. The zero-order valence-corrected chi connectivity index (χ0v) is 26.6. The van der Waals surface area contributed by atoms with Gasteiger partial charge in [-0.2, -0.15) is 5.10 Å². The molecule has 4 aromatic rings. The van der Waals surface area contributed by atoms with Crippen molar-refractivity contribution in [1.29, 1.82) is 0 Å². The number of benzene rings is 4. The lowest BCUT2D eigenvalue weighted by Crippen LogP contribution is -2.21. The minimum absolute atomic E-state index is 0.0329. The number of ether oxygens (including phenoxy) is 3. The zero-order valence-electron chi connectivity index (χ0n) is 25.8. The van der Waals surface area contributed by atoms with Gasteiger partial charge in [0.05, 0.1) is 35.9 Å². The molecule has 0 radical (unpaired) electrons. The first-order valence-electron chi connectivity index (χ1n) is 13.8. The fourth-order valence-corrected chi connectivity index (χ4v) is 5.70. The largest absolute Gasteiger partial charge is 0.495 e. The summed E-state index contributed by atoms with van der Waals surface area (Å²) >= 11 is 0. The fourth-order valence-electron chi connectivity index (χ4n) is 4.61. The Morgan fingerprint density at radius 3 is 2.26 bits per heavy atom. The SMILES string of the molecule is COc1ccccc1NS(=O)(=O)c1ccc(N/N=C/c2ccc(OCC(=O)Nc3c(C)cc(C)cc3C)c(OC)c2)c([N+](=O)[O-])c1. The third-order valence-corrected chi connectivity index (χ3v) is 8.08. The highest BCUT2D eigenvalue weighted by Gasteiger charge is 2.22. The van der Waals surface area contributed by atoms with Crippen LogP contribution in [0.15, 0.2) is 82.8 Å². The zero-order chi connectivity index (χ0) is 33.4. The number of methoxy groups -OCH3 is 2. The van der Waals surface area contributed by atoms with Gasteiger partial charge in [-0.15, -0.1) is 0 Å². The van der Waals surface area contributed by atoms with Gasteiger partial charge >= 0.3 is 0 Å². The van der Waals surface area contributed by atoms with Gasteiger partial charge in [-0.25, -0.2) is 8.42 Å². The number of rotatable bonds is 13. The van der Waals surface area contributed by atoms with Crippen LogP contribution in [0.1, 0.15) is 22.3 Å². The lowest BCUT2D eigenvalue weighted by atomic mass is 10.1. The van der Waals surface area contributed by atoms with E-state index in [2.05, 4.69) is 20.6 Å². The van der Waals surface area contributed by atoms with Crippen molar-refractivity contribution in [3.63, 3.8) is 0 Å². The third kappa shape index (κ3) is 8.09. The molecule has 4 aromatic carbocycles. The highest BCUT2D eigenvalue weighted by atomic mass is 32.2. The van der Waals surface area contributed by atoms with Crippen molar-refractivity contribution in [3.8, 4) is 17.2 Å². The number of hydrogen-bond acceptors (Lipinski definition) is 10. The molecule has 0 aliphatic carbocycles. The van der Waals surface area contributed by atoms with Gasteiger partial charge in [-0.3, -0.25) is 25.1 Å². The average molecular weight is 648 g/mol. The summed E-state index contributed by atoms with van der Waals surface area (Å²) in [6, 6.07) is 18.6. The minimum atomic E-state index is -4.18. The second-order valence-corrected chi connectivity index (χ2v) is 11.8. The van der Waals surface area contributed by atoms with Gasteiger partial charge in [-0.1, -0.05) is 29.8 Å². The van der Waals surface area contributed by atoms with E-state index in [1.165, 1.54) is 38.6 Å². The Bertz CT molecular complexity index is 1890. The molecule has 0 atom stereocenters. The van der Waals surface area contributed by atoms with Crippen LogP contribution in [-0.2, 0) is 14.8 Å². The Labute approximate surface area is 266 Å². The van der Waals surface area contributed by atoms with Crippen molar-refractivity contribution in [2.75, 3.05) is 36.3 Å². The molecule has 0 fully saturated rings. The Kier molecular flexibility index (Phi) is 10.4. The van der Waals surface area contributed by atoms with Crippen molar-refractivity contribution in [2.45, 2.75) is 25.7 Å². The van der Waals surface area contributed by atoms with E-state index in [0.29, 0.717) is 17.1 Å². The van der Waals surface area contributed by atoms with Crippen LogP contribution in [0, 0.1) is 30.9 Å². The number of sulfonamides is 1. The number of carbonyl (C=O) groups excluding carboxylic acids is 1. The molecule has 13 nitrogen and oxygen atoms in total. The third-order valence-electron chi connectivity index (χ3n) is 6.71. The van der Waals surface area contributed by atoms with Crippen LogP contribution in [0.2, 0.25) is 0 Å². The van der Waals surface area contributed by atoms with Gasteiger partial charge in [0.25, 0.3) is 21.6 Å². The van der Waals surface area contributed by atoms with Crippen LogP contribution >= 0.6 is 0 Å². The molecule has 0 aliphatic heterocycles. The lowest BCUT2D eigenvalue weighted by Gasteiger charge is -2.14. The first kappa shape index (κ1) is 33.3. The van der Waals surface area contributed by atoms with Crippen LogP contribution in [0.25, 0.3) is 0 Å². The second kappa shape index (κ2) is 14.4. The van der Waals surface area contributed by atoms with Crippen LogP contribution in [0.5, 0.6) is 17.2 Å². The van der Waals surface area contributed by atoms with Crippen molar-refractivity contribution < 1.29 is 32.3 Å². The molecule has 4 rings (SSSR count). The normalized spacial score (nSPS) is 11.2. The predicted octanol–water partition coefficient (Wildman–Crippen LogP) is 5.80. The maximum Gasteiger partial charge on any atom is 0.295 e. The summed E-state index contributed by atoms with van der Waals surface area (Å²) < 4.78 is 44.6. The summed E-state index contributed by atoms with van der Waals surface area (Å²) in [5.41, 5.74) is 6.53. The van der Waals surface area contributed by atoms with Crippen molar-refractivity contribution in [2.24, 2.45) is 5.10 Å². The number of carbonyl (C=O) groups is 1. The van der Waals surface area contributed by atoms with Crippen LogP contribution in [-0.4, -0.2) is 46.3 Å². The first-order chi connectivity index (χ1) is 21.9. The molecule has 0 bridgehead atoms. The highest BCUT2D eigenvalue weighted by Crippen LogP contribution is 2.31. The van der Waals surface area contributed by atoms with Gasteiger partial charge in [-0.05, 0) is 79.9 Å². The maximum atomic E-state index is 13.0. The summed E-state index contributed by atoms with van der Waals surface area (Å²) in [4.78, 5) is 23.3. The number of hydrogen-bond donors (Lipinski definition) is 3. The Hall–Kier alpha value is -5.63. The fraction of sp³-hybridized carbons (Fsp3) is 0.188. The number of amides is 1. The molecular weight excluding hydrogens is 614 g/mol. The van der Waals surface area contributed by atoms with E-state index in [-0.39, 0.29) is 34.5 Å². The number of nitrogens with zero attached hydrogens (tertiary/aromatic N) is 2. The molecule has 0 heterocycles. The van der Waals surface area contributed by atoms with Crippen molar-refractivity contribution in [3.05, 3.63) is 105 Å². The standard InChI is InChI=1S/C32H33N5O8S/c1-20-14-21(2)32(22(3)15-20)34-31(38)19-45-29-13-10-23(16-30(29)44-5)18-33-35-25-12-11-24(17-27(25)37(39)40)46(41,42)36-26-8-6-7-9-28(26)43-4/h6-18,35-36H,19H2,1-5H3,(H,34,38)/b33-18+. The van der Waals surface area contributed by atoms with E-state index in [4.69, 9.17) is 14.2 Å². The van der Waals surface area contributed by atoms with E-state index in [1.807, 2.05) is 32.9 Å². The molecule has 0 spiro atoms. The number of para-hydroxylation sites is 2. The molecule has 0 unspecified atom stereocenters. The van der Waals surface area contributed by atoms with Gasteiger partial charge in [0, 0.05) is 11.8 Å². The molecule has 0 saturated carbocycles. The highest BCUT2D eigenvalue weighted by molar-refractivity contribution is 7.92. The number of nitrogens with one attached hydrogen (secondary N) is 3. The van der Waals surface area contributed by atoms with Crippen molar-refractivity contribution in [1.82, 2.24) is 0 Å². The number of nitro benzene ring substituents is 1. The van der Waals surface area contributed by atoms with E-state index in [0.717, 1.165) is 28.4 Å². The molecule has 1 amide bonds. The molecule has 14 heteroatoms. The summed E-state index contributed by atoms with van der Waals surface area (Å²) in [5, 5.41) is 18.7. The number of aryl methyl sites for hydroxylation is 3. The molecule has 0 saturated heterocycles. The molecule has 46 heavy (non-hydrogen) atoms. The molecular formula is C32H33N5O8S. The number of hydrazone groups is 1. The molecule has 0 aliphatic rings. The Balaban J connectivity index is 1.43. The number of nitro groups is 1. The molecule has 3 N–H and O–H groups in total. The van der Waals surface area contributed by atoms with Gasteiger partial charge in [0.15, 0.2) is 18.1 Å². The molecule has 0 aromatic heterocycles. The number of anilines is 3. The lowest BCUT2D eigenvalue weighted by molar-refractivity contribution is -0.384. The van der Waals surface area contributed by atoms with E-state index < -0.39 is 20.6 Å². The maximum absolute atomic E-state index is 13.0. The quantitative estimate of drug-likeness (QED) is 0.0921.